The van der Waals surface area contributed by atoms with E-state index in [9.17, 15) is 9.59 Å². The molecule has 90 valence electrons. The van der Waals surface area contributed by atoms with Gasteiger partial charge in [-0.2, -0.15) is 0 Å². The number of likely N-dealkylation sites (N-methyl/N-ethyl adjacent to an activating group) is 1. The summed E-state index contributed by atoms with van der Waals surface area (Å²) < 4.78 is 0. The lowest BCUT2D eigenvalue weighted by Gasteiger charge is -2.32. The summed E-state index contributed by atoms with van der Waals surface area (Å²) in [7, 11) is 2.07. The van der Waals surface area contributed by atoms with Gasteiger partial charge in [0, 0.05) is 24.2 Å². The van der Waals surface area contributed by atoms with Crippen molar-refractivity contribution in [1.82, 2.24) is 9.88 Å². The number of hydrogen-bond acceptors (Lipinski definition) is 3. The van der Waals surface area contributed by atoms with E-state index in [1.165, 1.54) is 0 Å². The molecule has 0 aromatic carbocycles. The van der Waals surface area contributed by atoms with Crippen LogP contribution in [0.25, 0.3) is 0 Å². The molecule has 2 bridgehead atoms. The van der Waals surface area contributed by atoms with Crippen LogP contribution in [0.2, 0.25) is 0 Å². The lowest BCUT2D eigenvalue weighted by Crippen LogP contribution is -2.36. The first-order chi connectivity index (χ1) is 8.08. The van der Waals surface area contributed by atoms with Gasteiger partial charge in [-0.3, -0.25) is 9.69 Å². The van der Waals surface area contributed by atoms with Crippen molar-refractivity contribution in [2.24, 2.45) is 0 Å². The Kier molecular flexibility index (Phi) is 2.13. The van der Waals surface area contributed by atoms with Crippen molar-refractivity contribution in [2.45, 2.75) is 31.3 Å². The van der Waals surface area contributed by atoms with E-state index in [1.54, 1.807) is 6.07 Å². The molecule has 2 aliphatic heterocycles. The summed E-state index contributed by atoms with van der Waals surface area (Å²) in [5.41, 5.74) is 1.27. The fourth-order valence-corrected chi connectivity index (χ4v) is 3.08. The number of hydrogen-bond donors (Lipinski definition) is 2. The first-order valence-corrected chi connectivity index (χ1v) is 5.79. The average Bonchev–Trinajstić information content (AvgIpc) is 2.53. The van der Waals surface area contributed by atoms with E-state index in [2.05, 4.69) is 16.9 Å². The summed E-state index contributed by atoms with van der Waals surface area (Å²) in [5, 5.41) is 8.97. The molecule has 3 heterocycles. The molecule has 0 saturated carbocycles. The highest BCUT2D eigenvalue weighted by molar-refractivity contribution is 5.87. The van der Waals surface area contributed by atoms with Crippen LogP contribution in [0.4, 0.5) is 0 Å². The van der Waals surface area contributed by atoms with Gasteiger partial charge in [0.1, 0.15) is 5.56 Å². The largest absolute Gasteiger partial charge is 0.477 e. The summed E-state index contributed by atoms with van der Waals surface area (Å²) in [4.78, 5) is 27.6. The van der Waals surface area contributed by atoms with Gasteiger partial charge in [-0.15, -0.1) is 0 Å². The van der Waals surface area contributed by atoms with Crippen LogP contribution in [-0.2, 0) is 6.42 Å². The maximum Gasteiger partial charge on any atom is 0.341 e. The Bertz CT molecular complexity index is 549. The maximum atomic E-state index is 11.6. The molecular formula is C12H14N2O3. The summed E-state index contributed by atoms with van der Waals surface area (Å²) in [6.45, 7) is 0. The molecule has 0 aliphatic carbocycles. The topological polar surface area (TPSA) is 73.4 Å². The number of carboxylic acids is 1. The van der Waals surface area contributed by atoms with Gasteiger partial charge in [-0.05, 0) is 31.5 Å². The molecule has 1 saturated heterocycles. The number of aromatic nitrogens is 1. The third kappa shape index (κ3) is 1.42. The van der Waals surface area contributed by atoms with Crippen molar-refractivity contribution in [2.75, 3.05) is 7.05 Å². The number of pyridine rings is 1. The fourth-order valence-electron chi connectivity index (χ4n) is 3.08. The van der Waals surface area contributed by atoms with E-state index < -0.39 is 11.5 Å². The zero-order chi connectivity index (χ0) is 12.2. The number of nitrogens with one attached hydrogen (secondary N) is 1. The number of nitrogens with zero attached hydrogens (tertiary/aromatic N) is 1. The van der Waals surface area contributed by atoms with Crippen LogP contribution in [0.15, 0.2) is 10.9 Å². The van der Waals surface area contributed by atoms with Gasteiger partial charge in [0.05, 0.1) is 0 Å². The van der Waals surface area contributed by atoms with E-state index in [0.29, 0.717) is 6.04 Å². The van der Waals surface area contributed by atoms with Crippen molar-refractivity contribution in [1.29, 1.82) is 0 Å². The molecular weight excluding hydrogens is 220 g/mol. The van der Waals surface area contributed by atoms with E-state index in [-0.39, 0.29) is 11.6 Å². The summed E-state index contributed by atoms with van der Waals surface area (Å²) >= 11 is 0. The highest BCUT2D eigenvalue weighted by Gasteiger charge is 2.38. The number of aromatic carboxylic acids is 1. The molecule has 1 aromatic heterocycles. The Morgan fingerprint density at radius 3 is 3.00 bits per heavy atom. The predicted molar refractivity (Wildman–Crippen MR) is 61.3 cm³/mol. The van der Waals surface area contributed by atoms with E-state index >= 15 is 0 Å². The molecule has 5 heteroatoms. The number of rotatable bonds is 1. The average molecular weight is 234 g/mol. The Labute approximate surface area is 98.1 Å². The van der Waals surface area contributed by atoms with Crippen molar-refractivity contribution >= 4 is 5.97 Å². The SMILES string of the molecule is CN1C2CCC1c1cc(C(=O)O)c(=O)[nH]c1C2. The molecule has 1 fully saturated rings. The van der Waals surface area contributed by atoms with Gasteiger partial charge in [-0.1, -0.05) is 0 Å². The van der Waals surface area contributed by atoms with Crippen molar-refractivity contribution in [3.8, 4) is 0 Å². The van der Waals surface area contributed by atoms with E-state index in [4.69, 9.17) is 5.11 Å². The highest BCUT2D eigenvalue weighted by atomic mass is 16.4. The van der Waals surface area contributed by atoms with Gasteiger partial charge < -0.3 is 10.1 Å². The van der Waals surface area contributed by atoms with Crippen LogP contribution in [0.5, 0.6) is 0 Å². The number of H-pyrrole nitrogens is 1. The fraction of sp³-hybridized carbons (Fsp3) is 0.500. The second kappa shape index (κ2) is 3.43. The molecule has 2 aliphatic rings. The highest BCUT2D eigenvalue weighted by Crippen LogP contribution is 2.41. The Hall–Kier alpha value is -1.62. The minimum absolute atomic E-state index is 0.150. The predicted octanol–water partition coefficient (Wildman–Crippen LogP) is 0.764. The maximum absolute atomic E-state index is 11.6. The molecule has 0 radical (unpaired) electrons. The number of carbonyl (C=O) groups is 1. The summed E-state index contributed by atoms with van der Waals surface area (Å²) in [5.74, 6) is -1.16. The summed E-state index contributed by atoms with van der Waals surface area (Å²) in [6, 6.07) is 2.30. The smallest absolute Gasteiger partial charge is 0.341 e. The first-order valence-electron chi connectivity index (χ1n) is 5.79. The van der Waals surface area contributed by atoms with Crippen molar-refractivity contribution < 1.29 is 9.90 Å². The first kappa shape index (κ1) is 10.5. The third-order valence-electron chi connectivity index (χ3n) is 4.03. The molecule has 1 aromatic rings. The van der Waals surface area contributed by atoms with Crippen LogP contribution in [-0.4, -0.2) is 34.0 Å². The second-order valence-corrected chi connectivity index (χ2v) is 4.87. The Morgan fingerprint density at radius 1 is 1.53 bits per heavy atom. The molecule has 17 heavy (non-hydrogen) atoms. The molecule has 2 unspecified atom stereocenters. The lowest BCUT2D eigenvalue weighted by molar-refractivity contribution is 0.0694. The molecule has 2 atom stereocenters. The Morgan fingerprint density at radius 2 is 2.29 bits per heavy atom. The van der Waals surface area contributed by atoms with Gasteiger partial charge in [-0.25, -0.2) is 4.79 Å². The molecule has 3 rings (SSSR count). The van der Waals surface area contributed by atoms with Crippen LogP contribution >= 0.6 is 0 Å². The molecule has 0 amide bonds. The molecule has 5 nitrogen and oxygen atoms in total. The van der Waals surface area contributed by atoms with E-state index in [1.807, 2.05) is 0 Å². The number of aromatic amines is 1. The van der Waals surface area contributed by atoms with Crippen LogP contribution in [0.3, 0.4) is 0 Å². The minimum Gasteiger partial charge on any atom is -0.477 e. The Balaban J connectivity index is 2.17. The number of carboxylic acid groups (broad SMARTS) is 1. The third-order valence-corrected chi connectivity index (χ3v) is 4.03. The molecule has 0 spiro atoms. The number of fused-ring (bicyclic) bond motifs is 4. The van der Waals surface area contributed by atoms with Gasteiger partial charge in [0.2, 0.25) is 0 Å². The quantitative estimate of drug-likeness (QED) is 0.752. The standard InChI is InChI=1S/C12H14N2O3/c1-14-6-2-3-10(14)7-5-8(12(16)17)11(15)13-9(7)4-6/h5-6,10H,2-4H2,1H3,(H,13,15)(H,16,17). The van der Waals surface area contributed by atoms with Gasteiger partial charge >= 0.3 is 5.97 Å². The van der Waals surface area contributed by atoms with Crippen molar-refractivity contribution in [3.05, 3.63) is 33.2 Å². The lowest BCUT2D eigenvalue weighted by atomic mass is 9.97. The zero-order valence-electron chi connectivity index (χ0n) is 9.56. The zero-order valence-corrected chi connectivity index (χ0v) is 9.56. The van der Waals surface area contributed by atoms with Crippen molar-refractivity contribution in [3.63, 3.8) is 0 Å². The second-order valence-electron chi connectivity index (χ2n) is 4.87. The molecule has 2 N–H and O–H groups in total. The van der Waals surface area contributed by atoms with Crippen LogP contribution < -0.4 is 5.56 Å². The monoisotopic (exact) mass is 234 g/mol. The summed E-state index contributed by atoms with van der Waals surface area (Å²) in [6.07, 6.45) is 2.97. The van der Waals surface area contributed by atoms with Gasteiger partial charge in [0.15, 0.2) is 0 Å². The normalized spacial score (nSPS) is 26.9. The minimum atomic E-state index is -1.16. The van der Waals surface area contributed by atoms with Gasteiger partial charge in [0.25, 0.3) is 5.56 Å². The van der Waals surface area contributed by atoms with Crippen LogP contribution in [0.1, 0.15) is 40.5 Å². The van der Waals surface area contributed by atoms with Crippen LogP contribution in [0, 0.1) is 0 Å². The van der Waals surface area contributed by atoms with E-state index in [0.717, 1.165) is 30.5 Å².